The minimum atomic E-state index is -1.92. The van der Waals surface area contributed by atoms with Crippen LogP contribution in [0.5, 0.6) is 5.75 Å². The largest absolute Gasteiger partial charge is 0.508 e. The summed E-state index contributed by atoms with van der Waals surface area (Å²) in [7, 11) is 0. The minimum Gasteiger partial charge on any atom is -0.508 e. The van der Waals surface area contributed by atoms with Crippen LogP contribution < -0.4 is 0 Å². The Morgan fingerprint density at radius 2 is 1.53 bits per heavy atom. The van der Waals surface area contributed by atoms with Gasteiger partial charge in [0.1, 0.15) is 11.2 Å². The van der Waals surface area contributed by atoms with Crippen LogP contribution in [0.15, 0.2) is 24.3 Å². The van der Waals surface area contributed by atoms with E-state index in [4.69, 9.17) is 5.11 Å². The van der Waals surface area contributed by atoms with Gasteiger partial charge in [0.05, 0.1) is 9.85 Å². The van der Waals surface area contributed by atoms with Crippen LogP contribution >= 0.6 is 0 Å². The molecule has 0 aromatic heterocycles. The zero-order valence-electron chi connectivity index (χ0n) is 9.36. The summed E-state index contributed by atoms with van der Waals surface area (Å²) in [6, 6.07) is 5.56. The molecule has 92 valence electrons. The van der Waals surface area contributed by atoms with E-state index in [0.717, 1.165) is 0 Å². The Hall–Kier alpha value is -2.18. The SMILES string of the molecule is CC(C)(c1ccc(O)cc1)C([N+](=O)[O-])[N+](=O)[O-]. The predicted octanol–water partition coefficient (Wildman–Crippen LogP) is 1.55. The molecule has 0 aliphatic heterocycles. The van der Waals surface area contributed by atoms with Gasteiger partial charge >= 0.3 is 6.17 Å². The second kappa shape index (κ2) is 4.36. The third kappa shape index (κ3) is 2.49. The van der Waals surface area contributed by atoms with Crippen LogP contribution in [0.25, 0.3) is 0 Å². The van der Waals surface area contributed by atoms with Crippen LogP contribution in [0.2, 0.25) is 0 Å². The molecule has 17 heavy (non-hydrogen) atoms. The lowest BCUT2D eigenvalue weighted by Gasteiger charge is -2.22. The lowest BCUT2D eigenvalue weighted by atomic mass is 9.82. The van der Waals surface area contributed by atoms with Crippen molar-refractivity contribution in [3.63, 3.8) is 0 Å². The highest BCUT2D eigenvalue weighted by Crippen LogP contribution is 2.30. The molecule has 0 radical (unpaired) electrons. The maximum Gasteiger partial charge on any atom is 0.459 e. The Morgan fingerprint density at radius 3 is 1.88 bits per heavy atom. The maximum absolute atomic E-state index is 10.7. The average Bonchev–Trinajstić information content (AvgIpc) is 2.16. The molecule has 7 heteroatoms. The lowest BCUT2D eigenvalue weighted by molar-refractivity contribution is -0.753. The van der Waals surface area contributed by atoms with Crippen LogP contribution in [0.4, 0.5) is 0 Å². The van der Waals surface area contributed by atoms with Crippen LogP contribution in [-0.4, -0.2) is 21.1 Å². The molecule has 0 saturated heterocycles. The highest BCUT2D eigenvalue weighted by Gasteiger charge is 2.50. The first-order chi connectivity index (χ1) is 7.76. The van der Waals surface area contributed by atoms with Gasteiger partial charge in [-0.25, -0.2) is 0 Å². The number of benzene rings is 1. The monoisotopic (exact) mass is 240 g/mol. The van der Waals surface area contributed by atoms with Gasteiger partial charge in [-0.3, -0.25) is 20.2 Å². The quantitative estimate of drug-likeness (QED) is 0.488. The minimum absolute atomic E-state index is 0.00306. The van der Waals surface area contributed by atoms with Gasteiger partial charge < -0.3 is 5.11 Å². The Morgan fingerprint density at radius 1 is 1.12 bits per heavy atom. The highest BCUT2D eigenvalue weighted by molar-refractivity contribution is 5.31. The molecule has 1 rings (SSSR count). The fourth-order valence-electron chi connectivity index (χ4n) is 1.64. The van der Waals surface area contributed by atoms with Crippen LogP contribution in [0.1, 0.15) is 19.4 Å². The summed E-state index contributed by atoms with van der Waals surface area (Å²) >= 11 is 0. The number of rotatable bonds is 4. The summed E-state index contributed by atoms with van der Waals surface area (Å²) < 4.78 is 0. The molecule has 0 amide bonds. The highest BCUT2D eigenvalue weighted by atomic mass is 16.7. The Balaban J connectivity index is 3.20. The molecule has 1 aromatic carbocycles. The van der Waals surface area contributed by atoms with Crippen molar-refractivity contribution in [2.75, 3.05) is 0 Å². The van der Waals surface area contributed by atoms with Crippen molar-refractivity contribution in [2.24, 2.45) is 0 Å². The van der Waals surface area contributed by atoms with E-state index in [1.807, 2.05) is 0 Å². The van der Waals surface area contributed by atoms with Gasteiger partial charge in [0.2, 0.25) is 0 Å². The van der Waals surface area contributed by atoms with E-state index in [0.29, 0.717) is 5.56 Å². The molecule has 0 atom stereocenters. The van der Waals surface area contributed by atoms with E-state index in [2.05, 4.69) is 0 Å². The number of hydrogen-bond donors (Lipinski definition) is 1. The second-order valence-electron chi connectivity index (χ2n) is 4.21. The van der Waals surface area contributed by atoms with E-state index < -0.39 is 21.4 Å². The van der Waals surface area contributed by atoms with Gasteiger partial charge in [0.15, 0.2) is 0 Å². The van der Waals surface area contributed by atoms with Gasteiger partial charge in [-0.2, -0.15) is 0 Å². The average molecular weight is 240 g/mol. The predicted molar refractivity (Wildman–Crippen MR) is 58.9 cm³/mol. The molecule has 0 unspecified atom stereocenters. The fourth-order valence-corrected chi connectivity index (χ4v) is 1.64. The van der Waals surface area contributed by atoms with Gasteiger partial charge in [-0.05, 0) is 31.5 Å². The molecule has 1 aromatic rings. The molecule has 1 N–H and O–H groups in total. The summed E-state index contributed by atoms with van der Waals surface area (Å²) in [6.45, 7) is 2.85. The molecule has 0 aliphatic carbocycles. The molecule has 0 spiro atoms. The smallest absolute Gasteiger partial charge is 0.459 e. The molecule has 7 nitrogen and oxygen atoms in total. The number of phenolic OH excluding ortho intramolecular Hbond substituents is 1. The van der Waals surface area contributed by atoms with Gasteiger partial charge in [0, 0.05) is 0 Å². The van der Waals surface area contributed by atoms with E-state index >= 15 is 0 Å². The van der Waals surface area contributed by atoms with Crippen molar-refractivity contribution in [1.29, 1.82) is 0 Å². The van der Waals surface area contributed by atoms with Crippen molar-refractivity contribution < 1.29 is 15.0 Å². The van der Waals surface area contributed by atoms with Crippen LogP contribution in [-0.2, 0) is 5.41 Å². The number of nitrogens with zero attached hydrogens (tertiary/aromatic N) is 2. The first-order valence-electron chi connectivity index (χ1n) is 4.83. The number of nitro groups is 2. The van der Waals surface area contributed by atoms with Gasteiger partial charge in [-0.15, -0.1) is 0 Å². The summed E-state index contributed by atoms with van der Waals surface area (Å²) in [5.41, 5.74) is -0.838. The first kappa shape index (κ1) is 12.9. The molecular formula is C10H12N2O5. The molecule has 0 saturated carbocycles. The van der Waals surface area contributed by atoms with Crippen LogP contribution in [0.3, 0.4) is 0 Å². The first-order valence-corrected chi connectivity index (χ1v) is 4.83. The fraction of sp³-hybridized carbons (Fsp3) is 0.400. The number of aromatic hydroxyl groups is 1. The van der Waals surface area contributed by atoms with E-state index in [-0.39, 0.29) is 5.75 Å². The van der Waals surface area contributed by atoms with E-state index in [9.17, 15) is 20.2 Å². The number of hydrogen-bond acceptors (Lipinski definition) is 5. The van der Waals surface area contributed by atoms with Crippen molar-refractivity contribution in [3.8, 4) is 5.75 Å². The second-order valence-corrected chi connectivity index (χ2v) is 4.21. The summed E-state index contributed by atoms with van der Waals surface area (Å²) in [5, 5.41) is 30.6. The van der Waals surface area contributed by atoms with E-state index in [1.165, 1.54) is 38.1 Å². The maximum atomic E-state index is 10.7. The molecule has 0 fully saturated rings. The molecule has 0 bridgehead atoms. The topological polar surface area (TPSA) is 107 Å². The van der Waals surface area contributed by atoms with Crippen molar-refractivity contribution in [1.82, 2.24) is 0 Å². The van der Waals surface area contributed by atoms with Crippen LogP contribution in [0, 0.1) is 20.2 Å². The third-order valence-corrected chi connectivity index (χ3v) is 2.66. The zero-order chi connectivity index (χ0) is 13.2. The van der Waals surface area contributed by atoms with E-state index in [1.54, 1.807) is 0 Å². The normalized spacial score (nSPS) is 11.5. The van der Waals surface area contributed by atoms with Gasteiger partial charge in [-0.1, -0.05) is 12.1 Å². The standard InChI is InChI=1S/C10H12N2O5/c1-10(2,9(11(14)15)12(16)17)7-3-5-8(13)6-4-7/h3-6,9,13H,1-2H3. The zero-order valence-corrected chi connectivity index (χ0v) is 9.36. The van der Waals surface area contributed by atoms with Crippen molar-refractivity contribution in [3.05, 3.63) is 50.1 Å². The Kier molecular flexibility index (Phi) is 3.31. The lowest BCUT2D eigenvalue weighted by Crippen LogP contribution is -2.45. The van der Waals surface area contributed by atoms with Gasteiger partial charge in [0.25, 0.3) is 0 Å². The summed E-state index contributed by atoms with van der Waals surface area (Å²) in [5.74, 6) is 0.00306. The molecule has 0 heterocycles. The van der Waals surface area contributed by atoms with Crippen molar-refractivity contribution in [2.45, 2.75) is 25.4 Å². The molecule has 0 aliphatic rings. The molecular weight excluding hydrogens is 228 g/mol. The number of phenols is 1. The van der Waals surface area contributed by atoms with Crippen molar-refractivity contribution >= 4 is 0 Å². The Bertz CT molecular complexity index is 427. The summed E-state index contributed by atoms with van der Waals surface area (Å²) in [6.07, 6.45) is -1.92. The Labute approximate surface area is 97.0 Å². The summed E-state index contributed by atoms with van der Waals surface area (Å²) in [4.78, 5) is 19.7. The third-order valence-electron chi connectivity index (χ3n) is 2.66.